The van der Waals surface area contributed by atoms with E-state index in [2.05, 4.69) is 19.9 Å². The molecule has 0 spiro atoms. The van der Waals surface area contributed by atoms with E-state index in [0.717, 1.165) is 35.4 Å². The van der Waals surface area contributed by atoms with Gasteiger partial charge in [0, 0.05) is 68.2 Å². The summed E-state index contributed by atoms with van der Waals surface area (Å²) in [5.74, 6) is 0.821. The van der Waals surface area contributed by atoms with E-state index in [9.17, 15) is 9.18 Å². The summed E-state index contributed by atoms with van der Waals surface area (Å²) in [4.78, 5) is 31.6. The van der Waals surface area contributed by atoms with Crippen molar-refractivity contribution in [1.29, 1.82) is 0 Å². The van der Waals surface area contributed by atoms with Gasteiger partial charge in [-0.25, -0.2) is 14.4 Å². The molecule has 180 valence electrons. The third-order valence-electron chi connectivity index (χ3n) is 7.43. The lowest BCUT2D eigenvalue weighted by atomic mass is 10.0. The maximum atomic E-state index is 14.7. The van der Waals surface area contributed by atoms with E-state index in [1.807, 2.05) is 46.7 Å². The van der Waals surface area contributed by atoms with Crippen LogP contribution in [0, 0.1) is 24.6 Å². The fraction of sp³-hybridized carbons (Fsp3) is 0.259. The predicted octanol–water partition coefficient (Wildman–Crippen LogP) is 4.19. The average Bonchev–Trinajstić information content (AvgIpc) is 3.65. The first-order chi connectivity index (χ1) is 17.6. The fourth-order valence-electron chi connectivity index (χ4n) is 5.73. The SMILES string of the molecule is Cc1nc(N2C[C@H]3CN(C(=O)c4c(-c5ncccc5F)cn5ccccc45)C[C@H]3C2)nc2ccoc12. The van der Waals surface area contributed by atoms with E-state index >= 15 is 0 Å². The lowest BCUT2D eigenvalue weighted by molar-refractivity contribution is 0.0785. The number of aromatic nitrogens is 4. The maximum Gasteiger partial charge on any atom is 0.256 e. The smallest absolute Gasteiger partial charge is 0.256 e. The molecule has 0 unspecified atom stereocenters. The Kier molecular flexibility index (Phi) is 4.60. The molecule has 5 aromatic rings. The average molecular weight is 483 g/mol. The summed E-state index contributed by atoms with van der Waals surface area (Å²) >= 11 is 0. The molecule has 0 aromatic carbocycles. The fourth-order valence-corrected chi connectivity index (χ4v) is 5.73. The van der Waals surface area contributed by atoms with Crippen molar-refractivity contribution in [2.45, 2.75) is 6.92 Å². The van der Waals surface area contributed by atoms with Crippen molar-refractivity contribution in [2.75, 3.05) is 31.1 Å². The van der Waals surface area contributed by atoms with Gasteiger partial charge in [-0.2, -0.15) is 0 Å². The van der Waals surface area contributed by atoms with Crippen LogP contribution in [0.3, 0.4) is 0 Å². The molecule has 0 N–H and O–H groups in total. The molecular formula is C27H23FN6O2. The molecule has 8 nitrogen and oxygen atoms in total. The summed E-state index contributed by atoms with van der Waals surface area (Å²) in [6.45, 7) is 4.78. The van der Waals surface area contributed by atoms with Gasteiger partial charge in [0.1, 0.15) is 17.0 Å². The molecule has 0 saturated carbocycles. The Bertz CT molecular complexity index is 1630. The number of rotatable bonds is 3. The number of fused-ring (bicyclic) bond motifs is 3. The maximum absolute atomic E-state index is 14.7. The van der Waals surface area contributed by atoms with E-state index in [-0.39, 0.29) is 11.6 Å². The monoisotopic (exact) mass is 482 g/mol. The first-order valence-corrected chi connectivity index (χ1v) is 12.0. The van der Waals surface area contributed by atoms with Gasteiger partial charge in [-0.1, -0.05) is 6.07 Å². The molecule has 2 aliphatic heterocycles. The summed E-state index contributed by atoms with van der Waals surface area (Å²) in [5, 5.41) is 0. The number of anilines is 1. The van der Waals surface area contributed by atoms with Crippen molar-refractivity contribution in [3.05, 3.63) is 78.3 Å². The van der Waals surface area contributed by atoms with Gasteiger partial charge in [-0.05, 0) is 31.2 Å². The number of halogens is 1. The Hall–Kier alpha value is -4.27. The Morgan fingerprint density at radius 3 is 2.69 bits per heavy atom. The highest BCUT2D eigenvalue weighted by molar-refractivity contribution is 6.07. The summed E-state index contributed by atoms with van der Waals surface area (Å²) < 4.78 is 22.0. The molecule has 36 heavy (non-hydrogen) atoms. The van der Waals surface area contributed by atoms with Crippen molar-refractivity contribution in [2.24, 2.45) is 11.8 Å². The second-order valence-corrected chi connectivity index (χ2v) is 9.62. The molecule has 1 amide bonds. The molecule has 2 saturated heterocycles. The normalized spacial score (nSPS) is 19.5. The Morgan fingerprint density at radius 2 is 1.89 bits per heavy atom. The number of furan rings is 1. The first kappa shape index (κ1) is 21.0. The third kappa shape index (κ3) is 3.19. The number of carbonyl (C=O) groups is 1. The molecule has 7 heterocycles. The van der Waals surface area contributed by atoms with E-state index in [4.69, 9.17) is 4.42 Å². The van der Waals surface area contributed by atoms with Crippen molar-refractivity contribution >= 4 is 28.5 Å². The van der Waals surface area contributed by atoms with Gasteiger partial charge >= 0.3 is 0 Å². The second-order valence-electron chi connectivity index (χ2n) is 9.62. The number of nitrogens with zero attached hydrogens (tertiary/aromatic N) is 6. The van der Waals surface area contributed by atoms with E-state index in [0.29, 0.717) is 42.0 Å². The van der Waals surface area contributed by atoms with Crippen molar-refractivity contribution in [3.63, 3.8) is 0 Å². The number of carbonyl (C=O) groups excluding carboxylic acids is 1. The zero-order valence-electron chi connectivity index (χ0n) is 19.6. The van der Waals surface area contributed by atoms with Crippen LogP contribution in [0.15, 0.2) is 65.7 Å². The lowest BCUT2D eigenvalue weighted by Crippen LogP contribution is -2.34. The number of amides is 1. The number of hydrogen-bond acceptors (Lipinski definition) is 6. The van der Waals surface area contributed by atoms with Gasteiger partial charge in [-0.15, -0.1) is 0 Å². The molecule has 2 fully saturated rings. The second kappa shape index (κ2) is 7.87. The minimum Gasteiger partial charge on any atom is -0.461 e. The molecule has 2 atom stereocenters. The van der Waals surface area contributed by atoms with Gasteiger partial charge < -0.3 is 18.6 Å². The summed E-state index contributed by atoms with van der Waals surface area (Å²) in [6.07, 6.45) is 6.84. The first-order valence-electron chi connectivity index (χ1n) is 12.0. The number of aryl methyl sites for hydroxylation is 1. The summed E-state index contributed by atoms with van der Waals surface area (Å²) in [5.41, 5.74) is 4.30. The topological polar surface area (TPSA) is 79.8 Å². The van der Waals surface area contributed by atoms with Crippen LogP contribution in [0.25, 0.3) is 27.9 Å². The van der Waals surface area contributed by atoms with E-state index < -0.39 is 5.82 Å². The highest BCUT2D eigenvalue weighted by Crippen LogP contribution is 2.36. The lowest BCUT2D eigenvalue weighted by Gasteiger charge is -2.22. The molecule has 9 heteroatoms. The van der Waals surface area contributed by atoms with Gasteiger partial charge in [0.05, 0.1) is 23.0 Å². The van der Waals surface area contributed by atoms with Crippen molar-refractivity contribution in [1.82, 2.24) is 24.3 Å². The minimum atomic E-state index is -0.443. The van der Waals surface area contributed by atoms with Gasteiger partial charge in [0.2, 0.25) is 5.95 Å². The van der Waals surface area contributed by atoms with Crippen LogP contribution in [0.5, 0.6) is 0 Å². The highest BCUT2D eigenvalue weighted by Gasteiger charge is 2.43. The van der Waals surface area contributed by atoms with Crippen LogP contribution in [0.2, 0.25) is 0 Å². The van der Waals surface area contributed by atoms with Crippen LogP contribution < -0.4 is 4.90 Å². The van der Waals surface area contributed by atoms with Crippen LogP contribution in [0.1, 0.15) is 16.1 Å². The molecule has 0 radical (unpaired) electrons. The zero-order chi connectivity index (χ0) is 24.4. The summed E-state index contributed by atoms with van der Waals surface area (Å²) in [7, 11) is 0. The Labute approximate surface area is 206 Å². The van der Waals surface area contributed by atoms with Gasteiger partial charge in [-0.3, -0.25) is 9.78 Å². The quantitative estimate of drug-likeness (QED) is 0.384. The third-order valence-corrected chi connectivity index (χ3v) is 7.43. The molecule has 2 aliphatic rings. The summed E-state index contributed by atoms with van der Waals surface area (Å²) in [6, 6.07) is 10.5. The van der Waals surface area contributed by atoms with Crippen LogP contribution in [-0.2, 0) is 0 Å². The molecule has 7 rings (SSSR count). The van der Waals surface area contributed by atoms with Gasteiger partial charge in [0.25, 0.3) is 5.91 Å². The van der Waals surface area contributed by atoms with Crippen LogP contribution in [0.4, 0.5) is 10.3 Å². The number of pyridine rings is 2. The predicted molar refractivity (Wildman–Crippen MR) is 132 cm³/mol. The Morgan fingerprint density at radius 1 is 1.06 bits per heavy atom. The number of likely N-dealkylation sites (tertiary alicyclic amines) is 1. The largest absolute Gasteiger partial charge is 0.461 e. The molecular weight excluding hydrogens is 459 g/mol. The molecule has 5 aromatic heterocycles. The van der Waals surface area contributed by atoms with Crippen LogP contribution in [-0.4, -0.2) is 56.3 Å². The van der Waals surface area contributed by atoms with Gasteiger partial charge in [0.15, 0.2) is 5.58 Å². The number of hydrogen-bond donors (Lipinski definition) is 0. The zero-order valence-corrected chi connectivity index (χ0v) is 19.6. The highest BCUT2D eigenvalue weighted by atomic mass is 19.1. The van der Waals surface area contributed by atoms with E-state index in [1.54, 1.807) is 24.7 Å². The standard InChI is InChI=1S/C27H23FN6O2/c1-16-25-21(7-10-36-25)31-27(30-16)34-13-17-11-33(12-18(17)14-34)26(35)23-19(24-20(28)5-4-8-29-24)15-32-9-3-2-6-22(23)32/h2-10,15,17-18H,11-14H2,1H3/t17-,18+. The molecule has 0 aliphatic carbocycles. The molecule has 0 bridgehead atoms. The minimum absolute atomic E-state index is 0.0865. The van der Waals surface area contributed by atoms with E-state index in [1.165, 1.54) is 6.07 Å². The van der Waals surface area contributed by atoms with Crippen LogP contribution >= 0.6 is 0 Å². The van der Waals surface area contributed by atoms with Crippen molar-refractivity contribution < 1.29 is 13.6 Å². The van der Waals surface area contributed by atoms with Crippen molar-refractivity contribution in [3.8, 4) is 11.3 Å². The Balaban J connectivity index is 1.17.